The predicted octanol–water partition coefficient (Wildman–Crippen LogP) is 2.39. The van der Waals surface area contributed by atoms with Gasteiger partial charge in [-0.2, -0.15) is 0 Å². The van der Waals surface area contributed by atoms with Crippen LogP contribution in [0.5, 0.6) is 5.75 Å². The molecular weight excluding hydrogens is 212 g/mol. The third-order valence-corrected chi connectivity index (χ3v) is 3.35. The Balaban J connectivity index is 1.90. The second-order valence-electron chi connectivity index (χ2n) is 4.88. The fourth-order valence-corrected chi connectivity index (χ4v) is 2.17. The van der Waals surface area contributed by atoms with Crippen molar-refractivity contribution in [2.75, 3.05) is 13.7 Å². The molecule has 0 aromatic carbocycles. The molecule has 0 spiro atoms. The van der Waals surface area contributed by atoms with Gasteiger partial charge in [-0.25, -0.2) is 0 Å². The van der Waals surface area contributed by atoms with E-state index in [9.17, 15) is 0 Å². The van der Waals surface area contributed by atoms with Crippen LogP contribution in [0, 0.1) is 13.8 Å². The van der Waals surface area contributed by atoms with Crippen molar-refractivity contribution in [2.24, 2.45) is 0 Å². The number of nitrogens with zero attached hydrogens (tertiary/aromatic N) is 1. The first-order valence-electron chi connectivity index (χ1n) is 6.45. The van der Waals surface area contributed by atoms with Crippen LogP contribution >= 0.6 is 0 Å². The molecule has 3 heteroatoms. The molecule has 0 aliphatic heterocycles. The van der Waals surface area contributed by atoms with Crippen LogP contribution in [-0.2, 0) is 6.42 Å². The maximum absolute atomic E-state index is 5.42. The summed E-state index contributed by atoms with van der Waals surface area (Å²) in [7, 11) is 1.73. The van der Waals surface area contributed by atoms with Crippen molar-refractivity contribution in [1.82, 2.24) is 10.3 Å². The summed E-state index contributed by atoms with van der Waals surface area (Å²) < 4.78 is 5.42. The second-order valence-corrected chi connectivity index (χ2v) is 4.88. The molecular formula is C14H22N2O. The standard InChI is InChI=1S/C14H22N2O/c1-10-9-16-13(11(2)14(10)17-3)5-4-8-15-12-6-7-12/h9,12,15H,4-8H2,1-3H3. The molecule has 1 aliphatic rings. The lowest BCUT2D eigenvalue weighted by Gasteiger charge is -2.12. The van der Waals surface area contributed by atoms with Gasteiger partial charge in [0.2, 0.25) is 0 Å². The highest BCUT2D eigenvalue weighted by molar-refractivity contribution is 5.41. The molecule has 1 heterocycles. The number of aryl methyl sites for hydroxylation is 2. The third kappa shape index (κ3) is 3.19. The highest BCUT2D eigenvalue weighted by Gasteiger charge is 2.19. The van der Waals surface area contributed by atoms with E-state index in [1.807, 2.05) is 13.1 Å². The van der Waals surface area contributed by atoms with Crippen LogP contribution < -0.4 is 10.1 Å². The molecule has 1 aliphatic carbocycles. The van der Waals surface area contributed by atoms with Gasteiger partial charge in [0.1, 0.15) is 5.75 Å². The monoisotopic (exact) mass is 234 g/mol. The first kappa shape index (κ1) is 12.4. The number of hydrogen-bond acceptors (Lipinski definition) is 3. The zero-order chi connectivity index (χ0) is 12.3. The lowest BCUT2D eigenvalue weighted by molar-refractivity contribution is 0.406. The van der Waals surface area contributed by atoms with Crippen LogP contribution in [0.4, 0.5) is 0 Å². The molecule has 17 heavy (non-hydrogen) atoms. The van der Waals surface area contributed by atoms with Crippen molar-refractivity contribution in [1.29, 1.82) is 0 Å². The molecule has 1 fully saturated rings. The Morgan fingerprint density at radius 3 is 2.82 bits per heavy atom. The van der Waals surface area contributed by atoms with Gasteiger partial charge in [-0.1, -0.05) is 0 Å². The van der Waals surface area contributed by atoms with Gasteiger partial charge in [-0.3, -0.25) is 4.98 Å². The molecule has 0 bridgehead atoms. The van der Waals surface area contributed by atoms with E-state index in [0.717, 1.165) is 36.7 Å². The molecule has 0 radical (unpaired) electrons. The molecule has 0 saturated heterocycles. The van der Waals surface area contributed by atoms with Gasteiger partial charge in [0.05, 0.1) is 7.11 Å². The number of ether oxygens (including phenoxy) is 1. The fourth-order valence-electron chi connectivity index (χ4n) is 2.17. The molecule has 2 rings (SSSR count). The molecule has 1 N–H and O–H groups in total. The Morgan fingerprint density at radius 1 is 1.41 bits per heavy atom. The summed E-state index contributed by atoms with van der Waals surface area (Å²) in [4.78, 5) is 4.51. The van der Waals surface area contributed by atoms with Gasteiger partial charge in [-0.05, 0) is 46.1 Å². The van der Waals surface area contributed by atoms with Gasteiger partial charge in [0, 0.05) is 29.1 Å². The van der Waals surface area contributed by atoms with E-state index in [2.05, 4.69) is 17.2 Å². The molecule has 0 unspecified atom stereocenters. The minimum atomic E-state index is 0.802. The molecule has 0 atom stereocenters. The van der Waals surface area contributed by atoms with Gasteiger partial charge < -0.3 is 10.1 Å². The van der Waals surface area contributed by atoms with Crippen LogP contribution in [0.1, 0.15) is 36.1 Å². The fraction of sp³-hybridized carbons (Fsp3) is 0.643. The van der Waals surface area contributed by atoms with Crippen molar-refractivity contribution in [3.8, 4) is 5.75 Å². The van der Waals surface area contributed by atoms with E-state index >= 15 is 0 Å². The Labute approximate surface area is 104 Å². The first-order valence-corrected chi connectivity index (χ1v) is 6.45. The van der Waals surface area contributed by atoms with Crippen LogP contribution in [0.3, 0.4) is 0 Å². The third-order valence-electron chi connectivity index (χ3n) is 3.35. The van der Waals surface area contributed by atoms with E-state index in [-0.39, 0.29) is 0 Å². The van der Waals surface area contributed by atoms with Crippen molar-refractivity contribution < 1.29 is 4.74 Å². The zero-order valence-corrected chi connectivity index (χ0v) is 11.0. The van der Waals surface area contributed by atoms with Crippen LogP contribution in [-0.4, -0.2) is 24.7 Å². The van der Waals surface area contributed by atoms with E-state index < -0.39 is 0 Å². The predicted molar refractivity (Wildman–Crippen MR) is 69.6 cm³/mol. The minimum absolute atomic E-state index is 0.802. The van der Waals surface area contributed by atoms with E-state index in [0.29, 0.717) is 0 Å². The maximum Gasteiger partial charge on any atom is 0.128 e. The molecule has 1 saturated carbocycles. The average Bonchev–Trinajstić information content (AvgIpc) is 3.11. The Bertz CT molecular complexity index is 386. The van der Waals surface area contributed by atoms with Crippen molar-refractivity contribution >= 4 is 0 Å². The Hall–Kier alpha value is -1.09. The van der Waals surface area contributed by atoms with Gasteiger partial charge >= 0.3 is 0 Å². The van der Waals surface area contributed by atoms with Gasteiger partial charge in [-0.15, -0.1) is 0 Å². The Morgan fingerprint density at radius 2 is 2.18 bits per heavy atom. The number of nitrogens with one attached hydrogen (secondary N) is 1. The van der Waals surface area contributed by atoms with Crippen LogP contribution in [0.15, 0.2) is 6.20 Å². The SMILES string of the molecule is COc1c(C)cnc(CCCNC2CC2)c1C. The highest BCUT2D eigenvalue weighted by atomic mass is 16.5. The van der Waals surface area contributed by atoms with Crippen LogP contribution in [0.25, 0.3) is 0 Å². The Kier molecular flexibility index (Phi) is 4.00. The van der Waals surface area contributed by atoms with Crippen molar-refractivity contribution in [3.63, 3.8) is 0 Å². The maximum atomic E-state index is 5.42. The second kappa shape index (κ2) is 5.50. The van der Waals surface area contributed by atoms with Crippen molar-refractivity contribution in [2.45, 2.75) is 45.6 Å². The smallest absolute Gasteiger partial charge is 0.128 e. The number of methoxy groups -OCH3 is 1. The average molecular weight is 234 g/mol. The number of rotatable bonds is 6. The summed E-state index contributed by atoms with van der Waals surface area (Å²) in [5.74, 6) is 0.991. The number of hydrogen-bond donors (Lipinski definition) is 1. The van der Waals surface area contributed by atoms with Gasteiger partial charge in [0.25, 0.3) is 0 Å². The largest absolute Gasteiger partial charge is 0.496 e. The van der Waals surface area contributed by atoms with Crippen LogP contribution in [0.2, 0.25) is 0 Å². The molecule has 0 amide bonds. The van der Waals surface area contributed by atoms with E-state index in [1.165, 1.54) is 24.1 Å². The molecule has 94 valence electrons. The van der Waals surface area contributed by atoms with Crippen molar-refractivity contribution in [3.05, 3.63) is 23.0 Å². The number of pyridine rings is 1. The lowest BCUT2D eigenvalue weighted by Crippen LogP contribution is -2.18. The normalized spacial score (nSPS) is 15.0. The lowest BCUT2D eigenvalue weighted by atomic mass is 10.1. The first-order chi connectivity index (χ1) is 8.22. The van der Waals surface area contributed by atoms with E-state index in [1.54, 1.807) is 7.11 Å². The summed E-state index contributed by atoms with van der Waals surface area (Å²) >= 11 is 0. The highest BCUT2D eigenvalue weighted by Crippen LogP contribution is 2.24. The summed E-state index contributed by atoms with van der Waals surface area (Å²) in [5.41, 5.74) is 3.48. The molecule has 1 aromatic rings. The zero-order valence-electron chi connectivity index (χ0n) is 11.0. The van der Waals surface area contributed by atoms with E-state index in [4.69, 9.17) is 4.74 Å². The molecule has 3 nitrogen and oxygen atoms in total. The summed E-state index contributed by atoms with van der Waals surface area (Å²) in [6, 6.07) is 0.802. The quantitative estimate of drug-likeness (QED) is 0.767. The molecule has 1 aromatic heterocycles. The topological polar surface area (TPSA) is 34.1 Å². The summed E-state index contributed by atoms with van der Waals surface area (Å²) in [5, 5.41) is 3.53. The minimum Gasteiger partial charge on any atom is -0.496 e. The van der Waals surface area contributed by atoms with Gasteiger partial charge in [0.15, 0.2) is 0 Å². The summed E-state index contributed by atoms with van der Waals surface area (Å²) in [6.07, 6.45) is 6.81. The number of aromatic nitrogens is 1. The summed E-state index contributed by atoms with van der Waals surface area (Å²) in [6.45, 7) is 5.24.